The molecule has 1 unspecified atom stereocenters. The van der Waals surface area contributed by atoms with E-state index in [0.29, 0.717) is 16.8 Å². The number of nitrogens with one attached hydrogen (secondary N) is 2. The number of hydrogen-bond acceptors (Lipinski definition) is 9. The fourth-order valence-corrected chi connectivity index (χ4v) is 4.02. The second kappa shape index (κ2) is 9.47. The highest BCUT2D eigenvalue weighted by molar-refractivity contribution is 7.92. The molecule has 1 heterocycles. The number of nitrogens with two attached hydrogens (primary N) is 2. The van der Waals surface area contributed by atoms with Gasteiger partial charge in [-0.25, -0.2) is 18.4 Å². The summed E-state index contributed by atoms with van der Waals surface area (Å²) < 4.78 is 30.0. The van der Waals surface area contributed by atoms with Gasteiger partial charge in [0.25, 0.3) is 0 Å². The van der Waals surface area contributed by atoms with E-state index < -0.39 is 21.0 Å². The van der Waals surface area contributed by atoms with E-state index >= 15 is 0 Å². The first-order valence-corrected chi connectivity index (χ1v) is 11.7. The zero-order valence-corrected chi connectivity index (χ0v) is 19.3. The molecule has 0 saturated heterocycles. The highest BCUT2D eigenvalue weighted by Gasteiger charge is 2.20. The molecule has 1 aromatic heterocycles. The lowest BCUT2D eigenvalue weighted by atomic mass is 10.1. The summed E-state index contributed by atoms with van der Waals surface area (Å²) >= 11 is 0. The maximum absolute atomic E-state index is 12.3. The van der Waals surface area contributed by atoms with Crippen LogP contribution in [0.5, 0.6) is 0 Å². The van der Waals surface area contributed by atoms with E-state index in [-0.39, 0.29) is 28.3 Å². The van der Waals surface area contributed by atoms with Crippen LogP contribution in [0.2, 0.25) is 0 Å². The Balaban J connectivity index is 1.85. The number of benzene rings is 2. The Hall–Kier alpha value is -3.63. The van der Waals surface area contributed by atoms with Gasteiger partial charge in [0.15, 0.2) is 21.3 Å². The van der Waals surface area contributed by atoms with E-state index in [0.717, 1.165) is 5.56 Å². The summed E-state index contributed by atoms with van der Waals surface area (Å²) in [5, 5.41) is 15.9. The molecule has 10 heteroatoms. The molecule has 1 atom stereocenters. The molecule has 3 aromatic rings. The first-order valence-electron chi connectivity index (χ1n) is 10.2. The summed E-state index contributed by atoms with van der Waals surface area (Å²) in [6.45, 7) is 5.08. The van der Waals surface area contributed by atoms with Crippen LogP contribution in [0.25, 0.3) is 11.3 Å². The maximum atomic E-state index is 12.3. The molecule has 6 N–H and O–H groups in total. The zero-order valence-electron chi connectivity index (χ0n) is 18.5. The van der Waals surface area contributed by atoms with E-state index in [2.05, 4.69) is 9.97 Å². The minimum atomic E-state index is -3.39. The minimum Gasteiger partial charge on any atom is -0.419 e. The van der Waals surface area contributed by atoms with Gasteiger partial charge in [0.2, 0.25) is 11.8 Å². The van der Waals surface area contributed by atoms with Gasteiger partial charge in [0.1, 0.15) is 0 Å². The number of anilines is 1. The molecule has 172 valence electrons. The average Bonchev–Trinajstić information content (AvgIpc) is 2.79. The van der Waals surface area contributed by atoms with Crippen LogP contribution in [0.3, 0.4) is 0 Å². The topological polar surface area (TPSA) is 169 Å². The van der Waals surface area contributed by atoms with Crippen LogP contribution in [0.4, 0.5) is 5.82 Å². The molecular formula is C23H26N6O3S. The van der Waals surface area contributed by atoms with Crippen LogP contribution in [-0.2, 0) is 14.6 Å². The Labute approximate surface area is 192 Å². The van der Waals surface area contributed by atoms with Gasteiger partial charge in [0, 0.05) is 17.2 Å². The van der Waals surface area contributed by atoms with E-state index in [1.165, 1.54) is 18.3 Å². The van der Waals surface area contributed by atoms with Crippen LogP contribution >= 0.6 is 0 Å². The average molecular weight is 467 g/mol. The summed E-state index contributed by atoms with van der Waals surface area (Å²) in [4.78, 5) is 8.65. The van der Waals surface area contributed by atoms with Crippen molar-refractivity contribution < 1.29 is 13.2 Å². The van der Waals surface area contributed by atoms with Crippen LogP contribution < -0.4 is 11.5 Å². The van der Waals surface area contributed by atoms with Gasteiger partial charge < -0.3 is 16.2 Å². The quantitative estimate of drug-likeness (QED) is 0.319. The van der Waals surface area contributed by atoms with E-state index in [9.17, 15) is 8.42 Å². The van der Waals surface area contributed by atoms with Crippen molar-refractivity contribution in [1.82, 2.24) is 9.97 Å². The van der Waals surface area contributed by atoms with E-state index in [1.807, 2.05) is 13.0 Å². The van der Waals surface area contributed by atoms with Crippen LogP contribution in [0, 0.1) is 10.8 Å². The number of nitrogen functional groups attached to an aromatic ring is 1. The third-order valence-corrected chi connectivity index (χ3v) is 7.16. The molecule has 0 saturated carbocycles. The molecule has 0 aliphatic carbocycles. The highest BCUT2D eigenvalue weighted by atomic mass is 32.2. The molecule has 9 nitrogen and oxygen atoms in total. The Kier molecular flexibility index (Phi) is 6.89. The van der Waals surface area contributed by atoms with Crippen molar-refractivity contribution in [2.24, 2.45) is 5.73 Å². The summed E-state index contributed by atoms with van der Waals surface area (Å²) in [7, 11) is -3.39. The predicted octanol–water partition coefficient (Wildman–Crippen LogP) is 3.30. The normalized spacial score (nSPS) is 12.4. The van der Waals surface area contributed by atoms with Crippen molar-refractivity contribution in [2.75, 3.05) is 5.73 Å². The Morgan fingerprint density at radius 2 is 1.70 bits per heavy atom. The first kappa shape index (κ1) is 24.0. The number of ether oxygens (including phenoxy) is 1. The van der Waals surface area contributed by atoms with Crippen molar-refractivity contribution in [1.29, 1.82) is 10.8 Å². The van der Waals surface area contributed by atoms with Crippen molar-refractivity contribution in [3.63, 3.8) is 0 Å². The molecule has 0 bridgehead atoms. The lowest BCUT2D eigenvalue weighted by molar-refractivity contribution is 0.535. The molecule has 33 heavy (non-hydrogen) atoms. The largest absolute Gasteiger partial charge is 0.419 e. The van der Waals surface area contributed by atoms with Crippen molar-refractivity contribution in [2.45, 2.75) is 37.0 Å². The van der Waals surface area contributed by atoms with Crippen LogP contribution in [-0.4, -0.2) is 35.4 Å². The fourth-order valence-electron chi connectivity index (χ4n) is 2.96. The molecule has 0 amide bonds. The first-order chi connectivity index (χ1) is 15.5. The van der Waals surface area contributed by atoms with Crippen molar-refractivity contribution in [3.05, 3.63) is 71.5 Å². The molecular weight excluding hydrogens is 440 g/mol. The standard InChI is InChI=1S/C23H26N6O3S/c1-13(2)33(30,31)18-9-7-15(8-10-18)19-12-28-21(25)20(29-19)23(27)32-22(26)17-6-4-5-16(11-17)14(3)24/h4-14,26-27H,24H2,1-3H3,(H2,25,28). The van der Waals surface area contributed by atoms with Gasteiger partial charge in [-0.15, -0.1) is 0 Å². The third kappa shape index (κ3) is 5.24. The molecule has 2 aromatic carbocycles. The molecule has 0 fully saturated rings. The zero-order chi connectivity index (χ0) is 24.3. The van der Waals surface area contributed by atoms with Gasteiger partial charge in [0.05, 0.1) is 22.0 Å². The maximum Gasteiger partial charge on any atom is 0.243 e. The lowest BCUT2D eigenvalue weighted by Crippen LogP contribution is -2.17. The molecule has 0 spiro atoms. The molecule has 0 radical (unpaired) electrons. The van der Waals surface area contributed by atoms with Gasteiger partial charge in [-0.3, -0.25) is 10.8 Å². The van der Waals surface area contributed by atoms with E-state index in [4.69, 9.17) is 27.0 Å². The van der Waals surface area contributed by atoms with Gasteiger partial charge in [-0.1, -0.05) is 24.3 Å². The minimum absolute atomic E-state index is 0.0279. The lowest BCUT2D eigenvalue weighted by Gasteiger charge is -2.12. The highest BCUT2D eigenvalue weighted by Crippen LogP contribution is 2.23. The monoisotopic (exact) mass is 466 g/mol. The van der Waals surface area contributed by atoms with Gasteiger partial charge >= 0.3 is 0 Å². The Morgan fingerprint density at radius 1 is 1.03 bits per heavy atom. The van der Waals surface area contributed by atoms with Gasteiger partial charge in [-0.05, 0) is 50.6 Å². The van der Waals surface area contributed by atoms with Gasteiger partial charge in [-0.2, -0.15) is 0 Å². The van der Waals surface area contributed by atoms with E-state index in [1.54, 1.807) is 44.2 Å². The number of rotatable bonds is 6. The third-order valence-electron chi connectivity index (χ3n) is 4.99. The second-order valence-corrected chi connectivity index (χ2v) is 10.3. The summed E-state index contributed by atoms with van der Waals surface area (Å²) in [6, 6.07) is 13.0. The second-order valence-electron chi connectivity index (χ2n) is 7.78. The van der Waals surface area contributed by atoms with Crippen molar-refractivity contribution in [3.8, 4) is 11.3 Å². The fraction of sp³-hybridized carbons (Fsp3) is 0.217. The smallest absolute Gasteiger partial charge is 0.243 e. The SMILES string of the molecule is CC(N)c1cccc(C(=N)OC(=N)c2nc(-c3ccc(S(=O)(=O)C(C)C)cc3)cnc2N)c1. The summed E-state index contributed by atoms with van der Waals surface area (Å²) in [5.41, 5.74) is 14.0. The molecule has 3 rings (SSSR count). The summed E-state index contributed by atoms with van der Waals surface area (Å²) in [6.07, 6.45) is 1.43. The summed E-state index contributed by atoms with van der Waals surface area (Å²) in [5.74, 6) is -0.714. The number of hydrogen-bond donors (Lipinski definition) is 4. The molecule has 0 aliphatic heterocycles. The van der Waals surface area contributed by atoms with Crippen molar-refractivity contribution >= 4 is 27.5 Å². The Bertz CT molecular complexity index is 1300. The predicted molar refractivity (Wildman–Crippen MR) is 128 cm³/mol. The molecule has 0 aliphatic rings. The number of aromatic nitrogens is 2. The Morgan fingerprint density at radius 3 is 2.30 bits per heavy atom. The van der Waals surface area contributed by atoms with Crippen LogP contribution in [0.15, 0.2) is 59.6 Å². The van der Waals surface area contributed by atoms with Crippen LogP contribution in [0.1, 0.15) is 43.6 Å². The number of nitrogens with zero attached hydrogens (tertiary/aromatic N) is 2. The number of sulfone groups is 1.